The number of carbonyl (C=O) groups is 2. The van der Waals surface area contributed by atoms with Crippen molar-refractivity contribution >= 4 is 23.0 Å². The number of fused-ring (bicyclic) bond motifs is 1. The fourth-order valence-electron chi connectivity index (χ4n) is 3.94. The van der Waals surface area contributed by atoms with Gasteiger partial charge in [0.25, 0.3) is 5.56 Å². The second kappa shape index (κ2) is 15.1. The maximum Gasteiger partial charge on any atom is 0.328 e. The van der Waals surface area contributed by atoms with E-state index in [-0.39, 0.29) is 5.56 Å². The van der Waals surface area contributed by atoms with Crippen molar-refractivity contribution in [1.29, 1.82) is 0 Å². The van der Waals surface area contributed by atoms with Crippen LogP contribution in [0.5, 0.6) is 17.2 Å². The summed E-state index contributed by atoms with van der Waals surface area (Å²) in [7, 11) is 4.73. The minimum atomic E-state index is -1.26. The molecule has 1 aromatic heterocycles. The van der Waals surface area contributed by atoms with Crippen LogP contribution in [0.25, 0.3) is 11.0 Å². The molecule has 0 saturated carbocycles. The van der Waals surface area contributed by atoms with Crippen LogP contribution < -0.4 is 19.8 Å². The Morgan fingerprint density at radius 3 is 2.00 bits per heavy atom. The van der Waals surface area contributed by atoms with Gasteiger partial charge in [-0.1, -0.05) is 26.0 Å². The highest BCUT2D eigenvalue weighted by Crippen LogP contribution is 2.38. The number of hydrogen-bond acceptors (Lipinski definition) is 8. The molecule has 0 spiro atoms. The smallest absolute Gasteiger partial charge is 0.328 e. The molecule has 39 heavy (non-hydrogen) atoms. The molecule has 2 N–H and O–H groups in total. The molecule has 3 aromatic rings. The van der Waals surface area contributed by atoms with E-state index in [1.54, 1.807) is 21.3 Å². The van der Waals surface area contributed by atoms with Crippen molar-refractivity contribution in [1.82, 2.24) is 14.5 Å². The Bertz CT molecular complexity index is 1320. The summed E-state index contributed by atoms with van der Waals surface area (Å²) in [6.45, 7) is 7.59. The van der Waals surface area contributed by atoms with Gasteiger partial charge in [-0.25, -0.2) is 14.6 Å². The van der Waals surface area contributed by atoms with Crippen LogP contribution in [0.2, 0.25) is 0 Å². The van der Waals surface area contributed by atoms with E-state index in [0.29, 0.717) is 48.1 Å². The number of ether oxygens (including phenoxy) is 3. The first-order valence-corrected chi connectivity index (χ1v) is 12.3. The molecule has 3 rings (SSSR count). The zero-order valence-corrected chi connectivity index (χ0v) is 22.8. The van der Waals surface area contributed by atoms with Gasteiger partial charge < -0.3 is 33.9 Å². The van der Waals surface area contributed by atoms with Crippen LogP contribution in [0.15, 0.2) is 53.3 Å². The number of rotatable bonds is 12. The Balaban J connectivity index is 0.000000580. The van der Waals surface area contributed by atoms with E-state index in [9.17, 15) is 14.4 Å². The highest BCUT2D eigenvalue weighted by atomic mass is 16.5. The summed E-state index contributed by atoms with van der Waals surface area (Å²) >= 11 is 0. The largest absolute Gasteiger partial charge is 0.493 e. The van der Waals surface area contributed by atoms with Crippen LogP contribution in [0.1, 0.15) is 25.1 Å². The van der Waals surface area contributed by atoms with Crippen LogP contribution in [-0.2, 0) is 22.6 Å². The van der Waals surface area contributed by atoms with Gasteiger partial charge in [0, 0.05) is 31.7 Å². The quantitative estimate of drug-likeness (QED) is 0.329. The number of carboxylic acid groups (broad SMARTS) is 2. The lowest BCUT2D eigenvalue weighted by Crippen LogP contribution is -2.33. The minimum Gasteiger partial charge on any atom is -0.493 e. The number of likely N-dealkylation sites (N-methyl/N-ethyl adjacent to an activating group) is 1. The van der Waals surface area contributed by atoms with Gasteiger partial charge in [-0.2, -0.15) is 0 Å². The van der Waals surface area contributed by atoms with Crippen LogP contribution in [0.4, 0.5) is 0 Å². The van der Waals surface area contributed by atoms with Crippen LogP contribution in [0, 0.1) is 0 Å². The fourth-order valence-corrected chi connectivity index (χ4v) is 3.94. The number of carboxylic acids is 2. The van der Waals surface area contributed by atoms with Gasteiger partial charge in [-0.05, 0) is 42.9 Å². The molecule has 0 aliphatic carbocycles. The van der Waals surface area contributed by atoms with Crippen molar-refractivity contribution in [2.45, 2.75) is 26.8 Å². The van der Waals surface area contributed by atoms with Crippen molar-refractivity contribution in [2.75, 3.05) is 41.0 Å². The van der Waals surface area contributed by atoms with E-state index in [2.05, 4.69) is 18.7 Å². The molecule has 0 aliphatic heterocycles. The zero-order valence-electron chi connectivity index (χ0n) is 22.8. The lowest BCUT2D eigenvalue weighted by atomic mass is 10.1. The lowest BCUT2D eigenvalue weighted by molar-refractivity contribution is -0.134. The summed E-state index contributed by atoms with van der Waals surface area (Å²) in [5, 5.41) is 15.6. The molecule has 11 nitrogen and oxygen atoms in total. The average Bonchev–Trinajstić information content (AvgIpc) is 2.93. The molecule has 0 fully saturated rings. The molecule has 0 radical (unpaired) electrons. The zero-order chi connectivity index (χ0) is 28.9. The maximum absolute atomic E-state index is 13.4. The second-order valence-corrected chi connectivity index (χ2v) is 8.25. The average molecular weight is 542 g/mol. The summed E-state index contributed by atoms with van der Waals surface area (Å²) in [5.41, 5.74) is 2.95. The minimum absolute atomic E-state index is 0.0698. The van der Waals surface area contributed by atoms with E-state index in [1.807, 2.05) is 41.0 Å². The molecule has 0 bridgehead atoms. The maximum atomic E-state index is 13.4. The summed E-state index contributed by atoms with van der Waals surface area (Å²) in [6, 6.07) is 11.5. The first-order valence-electron chi connectivity index (χ1n) is 12.3. The first-order chi connectivity index (χ1) is 18.7. The molecule has 0 unspecified atom stereocenters. The topological polar surface area (TPSA) is 140 Å². The second-order valence-electron chi connectivity index (χ2n) is 8.25. The van der Waals surface area contributed by atoms with Crippen molar-refractivity contribution in [3.8, 4) is 17.2 Å². The predicted octanol–water partition coefficient (Wildman–Crippen LogP) is 3.07. The predicted molar refractivity (Wildman–Crippen MR) is 147 cm³/mol. The van der Waals surface area contributed by atoms with Crippen LogP contribution in [0.3, 0.4) is 0 Å². The number of aliphatic carboxylic acids is 2. The summed E-state index contributed by atoms with van der Waals surface area (Å²) in [6.07, 6.45) is 1.48. The van der Waals surface area contributed by atoms with Crippen molar-refractivity contribution in [3.05, 3.63) is 70.2 Å². The van der Waals surface area contributed by atoms with Gasteiger partial charge >= 0.3 is 11.9 Å². The van der Waals surface area contributed by atoms with Gasteiger partial charge in [0.1, 0.15) is 5.69 Å². The van der Waals surface area contributed by atoms with Crippen molar-refractivity contribution in [2.24, 2.45) is 0 Å². The fraction of sp³-hybridized carbons (Fsp3) is 0.357. The van der Waals surface area contributed by atoms with E-state index in [1.165, 1.54) is 0 Å². The molecule has 0 atom stereocenters. The Morgan fingerprint density at radius 1 is 0.949 bits per heavy atom. The Hall–Kier alpha value is -4.38. The summed E-state index contributed by atoms with van der Waals surface area (Å²) in [4.78, 5) is 39.5. The number of nitrogens with zero attached hydrogens (tertiary/aromatic N) is 3. The number of para-hydroxylation sites is 2. The molecule has 11 heteroatoms. The number of benzene rings is 2. The third-order valence-electron chi connectivity index (χ3n) is 5.92. The molecule has 1 heterocycles. The van der Waals surface area contributed by atoms with E-state index in [4.69, 9.17) is 29.4 Å². The lowest BCUT2D eigenvalue weighted by Gasteiger charge is -2.20. The van der Waals surface area contributed by atoms with Gasteiger partial charge in [-0.15, -0.1) is 0 Å². The van der Waals surface area contributed by atoms with Crippen molar-refractivity contribution < 1.29 is 34.0 Å². The normalized spacial score (nSPS) is 10.8. The van der Waals surface area contributed by atoms with Gasteiger partial charge in [-0.3, -0.25) is 4.79 Å². The van der Waals surface area contributed by atoms with Gasteiger partial charge in [0.15, 0.2) is 11.5 Å². The van der Waals surface area contributed by atoms with Crippen LogP contribution >= 0.6 is 0 Å². The first kappa shape index (κ1) is 30.8. The molecule has 0 saturated heterocycles. The molecule has 210 valence electrons. The van der Waals surface area contributed by atoms with E-state index >= 15 is 0 Å². The molecule has 0 aliphatic rings. The van der Waals surface area contributed by atoms with Crippen LogP contribution in [-0.4, -0.2) is 77.6 Å². The standard InChI is InChI=1S/C24H31N3O4.C4H4O4/c1-6-26(7-2)12-13-27-20-11-9-8-10-18(20)25-19(24(27)28)14-17-15-21(29-3)23(31-5)22(16-17)30-4;5-3(6)1-2-4(7)8/h8-11,15-16H,6-7,12-14H2,1-5H3;1-2H,(H,5,6)(H,7,8)/b;2-1+. The Kier molecular flexibility index (Phi) is 12.0. The van der Waals surface area contributed by atoms with Crippen molar-refractivity contribution in [3.63, 3.8) is 0 Å². The number of methoxy groups -OCH3 is 3. The number of hydrogen-bond donors (Lipinski definition) is 2. The van der Waals surface area contributed by atoms with E-state index in [0.717, 1.165) is 36.2 Å². The highest BCUT2D eigenvalue weighted by Gasteiger charge is 2.17. The SMILES string of the molecule is CCN(CC)CCn1c(=O)c(Cc2cc(OC)c(OC)c(OC)c2)nc2ccccc21.O=C(O)/C=C/C(=O)O. The summed E-state index contributed by atoms with van der Waals surface area (Å²) in [5.74, 6) is -0.879. The molecular formula is C28H35N3O8. The molecular weight excluding hydrogens is 506 g/mol. The Morgan fingerprint density at radius 2 is 1.51 bits per heavy atom. The number of aromatic nitrogens is 2. The molecule has 0 amide bonds. The third kappa shape index (κ3) is 8.57. The summed E-state index contributed by atoms with van der Waals surface area (Å²) < 4.78 is 18.2. The highest BCUT2D eigenvalue weighted by molar-refractivity contribution is 5.89. The van der Waals surface area contributed by atoms with Gasteiger partial charge in [0.05, 0.1) is 32.4 Å². The monoisotopic (exact) mass is 541 g/mol. The Labute approximate surface area is 226 Å². The third-order valence-corrected chi connectivity index (χ3v) is 5.92. The van der Waals surface area contributed by atoms with Gasteiger partial charge in [0.2, 0.25) is 5.75 Å². The van der Waals surface area contributed by atoms with E-state index < -0.39 is 11.9 Å². The molecule has 2 aromatic carbocycles.